The molecule has 5 rings (SSSR count). The molecule has 0 aliphatic carbocycles. The van der Waals surface area contributed by atoms with Crippen LogP contribution in [0.3, 0.4) is 0 Å². The Kier molecular flexibility index (Phi) is 10.1. The highest BCUT2D eigenvalue weighted by Gasteiger charge is 2.33. The number of nitrogens with zero attached hydrogens (tertiary/aromatic N) is 4. The summed E-state index contributed by atoms with van der Waals surface area (Å²) in [5.41, 5.74) is 6.65. The van der Waals surface area contributed by atoms with Gasteiger partial charge in [-0.25, -0.2) is 0 Å². The van der Waals surface area contributed by atoms with Crippen molar-refractivity contribution >= 4 is 5.91 Å². The normalized spacial score (nSPS) is 18.3. The van der Waals surface area contributed by atoms with Crippen LogP contribution in [0.5, 0.6) is 17.2 Å². The number of hydrogen-bond donors (Lipinski definition) is 0. The van der Waals surface area contributed by atoms with Crippen molar-refractivity contribution in [2.24, 2.45) is 12.5 Å². The second kappa shape index (κ2) is 13.9. The molecule has 1 aromatic heterocycles. The number of benzene rings is 2. The number of hydrogen-bond acceptors (Lipinski definition) is 7. The van der Waals surface area contributed by atoms with Crippen molar-refractivity contribution in [3.8, 4) is 34.4 Å². The highest BCUT2D eigenvalue weighted by Crippen LogP contribution is 2.39. The molecule has 254 valence electrons. The molecule has 2 atom stereocenters. The third kappa shape index (κ3) is 7.00. The molecule has 1 amide bonds. The van der Waals surface area contributed by atoms with E-state index in [0.29, 0.717) is 19.5 Å². The zero-order chi connectivity index (χ0) is 34.9. The van der Waals surface area contributed by atoms with Crippen molar-refractivity contribution in [1.82, 2.24) is 14.4 Å². The number of ether oxygens (including phenoxy) is 3. The maximum Gasteiger partial charge on any atom is 0.264 e. The highest BCUT2D eigenvalue weighted by molar-refractivity contribution is 5.97. The van der Waals surface area contributed by atoms with Crippen LogP contribution in [-0.2, 0) is 24.8 Å². The summed E-state index contributed by atoms with van der Waals surface area (Å²) in [5.74, 6) is 2.12. The molecule has 48 heavy (non-hydrogen) atoms. The van der Waals surface area contributed by atoms with Crippen LogP contribution < -0.4 is 19.8 Å². The van der Waals surface area contributed by atoms with E-state index in [1.165, 1.54) is 0 Å². The zero-order valence-electron chi connectivity index (χ0n) is 29.8. The second-order valence-electron chi connectivity index (χ2n) is 14.1. The van der Waals surface area contributed by atoms with E-state index in [4.69, 9.17) is 14.2 Å². The molecule has 9 nitrogen and oxygen atoms in total. The zero-order valence-corrected chi connectivity index (χ0v) is 29.8. The molecular formula is C39H48N4O5. The van der Waals surface area contributed by atoms with Gasteiger partial charge in [-0.2, -0.15) is 5.26 Å². The molecule has 1 fully saturated rings. The van der Waals surface area contributed by atoms with Gasteiger partial charge in [0.15, 0.2) is 0 Å². The van der Waals surface area contributed by atoms with E-state index in [0.717, 1.165) is 75.7 Å². The van der Waals surface area contributed by atoms with Gasteiger partial charge >= 0.3 is 0 Å². The number of pyridine rings is 1. The number of fused-ring (bicyclic) bond motifs is 1. The fraction of sp³-hybridized carbons (Fsp3) is 0.462. The predicted molar refractivity (Wildman–Crippen MR) is 187 cm³/mol. The minimum absolute atomic E-state index is 0.00146. The first-order valence-corrected chi connectivity index (χ1v) is 16.6. The molecule has 2 aliphatic rings. The molecule has 0 spiro atoms. The van der Waals surface area contributed by atoms with Crippen LogP contribution in [0, 0.1) is 30.6 Å². The molecule has 0 radical (unpaired) electrons. The van der Waals surface area contributed by atoms with Crippen LogP contribution in [0.15, 0.2) is 53.0 Å². The number of carbonyl (C=O) groups is 1. The van der Waals surface area contributed by atoms with E-state index < -0.39 is 0 Å². The van der Waals surface area contributed by atoms with Crippen LogP contribution in [0.25, 0.3) is 11.1 Å². The molecule has 3 heterocycles. The number of rotatable bonds is 8. The summed E-state index contributed by atoms with van der Waals surface area (Å²) in [6, 6.07) is 12.1. The first-order valence-electron chi connectivity index (χ1n) is 16.6. The van der Waals surface area contributed by atoms with E-state index in [-0.39, 0.29) is 34.6 Å². The Morgan fingerprint density at radius 1 is 1.06 bits per heavy atom. The smallest absolute Gasteiger partial charge is 0.264 e. The Morgan fingerprint density at radius 3 is 2.38 bits per heavy atom. The molecule has 0 bridgehead atoms. The second-order valence-corrected chi connectivity index (χ2v) is 14.1. The van der Waals surface area contributed by atoms with Crippen LogP contribution in [-0.4, -0.2) is 60.2 Å². The van der Waals surface area contributed by atoms with E-state index in [2.05, 4.69) is 17.0 Å². The van der Waals surface area contributed by atoms with Crippen LogP contribution in [0.1, 0.15) is 68.0 Å². The maximum atomic E-state index is 13.4. The lowest BCUT2D eigenvalue weighted by Gasteiger charge is -2.36. The van der Waals surface area contributed by atoms with Gasteiger partial charge in [0, 0.05) is 56.1 Å². The first-order chi connectivity index (χ1) is 22.8. The maximum absolute atomic E-state index is 13.4. The minimum atomic E-state index is -0.268. The lowest BCUT2D eigenvalue weighted by molar-refractivity contribution is -0.129. The number of nitriles is 1. The summed E-state index contributed by atoms with van der Waals surface area (Å²) in [7, 11) is 5.12. The summed E-state index contributed by atoms with van der Waals surface area (Å²) in [4.78, 5) is 30.0. The minimum Gasteiger partial charge on any atom is -0.496 e. The van der Waals surface area contributed by atoms with E-state index >= 15 is 0 Å². The first kappa shape index (κ1) is 34.8. The number of amides is 1. The Hall–Kier alpha value is -4.55. The van der Waals surface area contributed by atoms with Gasteiger partial charge in [0.05, 0.1) is 25.8 Å². The summed E-state index contributed by atoms with van der Waals surface area (Å²) < 4.78 is 20.1. The average molecular weight is 653 g/mol. The SMILES string of the molecule is COc1cc(-c2cn(C)c(=O)c(C)c2C)cc(OC)c1CN1CC[C@H](Oc2cccc3c2CCN(C(=O)/C(C#N)=C/C(C)(C)C)C3C)C1. The fourth-order valence-electron chi connectivity index (χ4n) is 6.96. The van der Waals surface area contributed by atoms with Gasteiger partial charge in [-0.3, -0.25) is 14.5 Å². The van der Waals surface area contributed by atoms with Crippen molar-refractivity contribution in [2.45, 2.75) is 73.1 Å². The number of allylic oxidation sites excluding steroid dienone is 1. The monoisotopic (exact) mass is 652 g/mol. The molecule has 3 aromatic rings. The molecule has 0 N–H and O–H groups in total. The van der Waals surface area contributed by atoms with Crippen molar-refractivity contribution in [1.29, 1.82) is 5.26 Å². The number of aromatic nitrogens is 1. The van der Waals surface area contributed by atoms with Gasteiger partial charge < -0.3 is 23.7 Å². The van der Waals surface area contributed by atoms with E-state index in [9.17, 15) is 14.9 Å². The van der Waals surface area contributed by atoms with E-state index in [1.54, 1.807) is 36.8 Å². The Balaban J connectivity index is 1.31. The van der Waals surface area contributed by atoms with Crippen LogP contribution in [0.2, 0.25) is 0 Å². The van der Waals surface area contributed by atoms with Gasteiger partial charge in [0.2, 0.25) is 0 Å². The van der Waals surface area contributed by atoms with Crippen molar-refractivity contribution < 1.29 is 19.0 Å². The largest absolute Gasteiger partial charge is 0.496 e. The Morgan fingerprint density at radius 2 is 1.75 bits per heavy atom. The molecule has 2 aliphatic heterocycles. The quantitative estimate of drug-likeness (QED) is 0.209. The number of carbonyl (C=O) groups excluding carboxylic acids is 1. The molecular weight excluding hydrogens is 604 g/mol. The van der Waals surface area contributed by atoms with Crippen molar-refractivity contribution in [2.75, 3.05) is 33.9 Å². The molecule has 9 heteroatoms. The molecule has 0 saturated carbocycles. The van der Waals surface area contributed by atoms with Crippen LogP contribution in [0.4, 0.5) is 0 Å². The summed E-state index contributed by atoms with van der Waals surface area (Å²) in [6.07, 6.45) is 5.19. The van der Waals surface area contributed by atoms with Gasteiger partial charge in [0.1, 0.15) is 35.0 Å². The van der Waals surface area contributed by atoms with Crippen LogP contribution >= 0.6 is 0 Å². The molecule has 2 aromatic carbocycles. The number of aryl methyl sites for hydroxylation is 1. The lowest BCUT2D eigenvalue weighted by atomic mass is 9.90. The van der Waals surface area contributed by atoms with Crippen molar-refractivity contribution in [3.05, 3.63) is 86.3 Å². The number of likely N-dealkylation sites (tertiary alicyclic amines) is 1. The fourth-order valence-corrected chi connectivity index (χ4v) is 6.96. The van der Waals surface area contributed by atoms with E-state index in [1.807, 2.05) is 72.0 Å². The van der Waals surface area contributed by atoms with Gasteiger partial charge in [-0.15, -0.1) is 0 Å². The summed E-state index contributed by atoms with van der Waals surface area (Å²) >= 11 is 0. The predicted octanol–water partition coefficient (Wildman–Crippen LogP) is 6.28. The molecule has 1 unspecified atom stereocenters. The summed E-state index contributed by atoms with van der Waals surface area (Å²) in [5, 5.41) is 9.73. The molecule has 1 saturated heterocycles. The van der Waals surface area contributed by atoms with Crippen molar-refractivity contribution in [3.63, 3.8) is 0 Å². The summed E-state index contributed by atoms with van der Waals surface area (Å²) in [6.45, 7) is 14.6. The van der Waals surface area contributed by atoms with Gasteiger partial charge in [-0.1, -0.05) is 39.0 Å². The Labute approximate surface area is 284 Å². The third-order valence-corrected chi connectivity index (χ3v) is 9.63. The topological polar surface area (TPSA) is 97.0 Å². The standard InChI is InChI=1S/C39H48N4O5/c1-24-25(2)37(44)41(7)22-32(24)27-17-35(46-8)33(36(18-27)47-9)23-42-15-13-29(21-42)48-34-12-10-11-30-26(3)43(16-14-31(30)34)38(45)28(20-40)19-39(4,5)6/h10-12,17-19,22,26,29H,13-16,21,23H2,1-9H3/b28-19+/t26?,29-/m0/s1. The third-order valence-electron chi connectivity index (χ3n) is 9.63. The van der Waals surface area contributed by atoms with Gasteiger partial charge in [0.25, 0.3) is 11.5 Å². The van der Waals surface area contributed by atoms with Gasteiger partial charge in [-0.05, 0) is 73.9 Å². The Bertz CT molecular complexity index is 1820. The number of methoxy groups -OCH3 is 2. The average Bonchev–Trinajstić information content (AvgIpc) is 3.50. The highest BCUT2D eigenvalue weighted by atomic mass is 16.5. The lowest BCUT2D eigenvalue weighted by Crippen LogP contribution is -2.40.